The van der Waals surface area contributed by atoms with Crippen molar-refractivity contribution in [3.63, 3.8) is 0 Å². The molecule has 156 valence electrons. The summed E-state index contributed by atoms with van der Waals surface area (Å²) >= 11 is 0. The van der Waals surface area contributed by atoms with Crippen LogP contribution in [0.3, 0.4) is 0 Å². The average Bonchev–Trinajstić information content (AvgIpc) is 2.61. The Hall–Kier alpha value is -0.0631. The van der Waals surface area contributed by atoms with Gasteiger partial charge in [0.1, 0.15) is 0 Å². The fourth-order valence-electron chi connectivity index (χ4n) is 2.25. The van der Waals surface area contributed by atoms with Crippen LogP contribution in [0.15, 0.2) is 0 Å². The standard InChI is InChI=1S/C18H38O7Si/c1-26(2,3)25-17-15-22-13-11-20-9-8-19-10-12-21-14-16-24-18-6-4-5-7-23-18/h18H,4-17H2,1-3H3. The number of hydrogen-bond acceptors (Lipinski definition) is 7. The van der Waals surface area contributed by atoms with Gasteiger partial charge in [0, 0.05) is 6.61 Å². The molecule has 0 saturated carbocycles. The van der Waals surface area contributed by atoms with Crippen LogP contribution in [0.4, 0.5) is 0 Å². The van der Waals surface area contributed by atoms with Gasteiger partial charge in [0.25, 0.3) is 0 Å². The van der Waals surface area contributed by atoms with Crippen molar-refractivity contribution >= 4 is 8.32 Å². The van der Waals surface area contributed by atoms with Gasteiger partial charge in [-0.1, -0.05) is 0 Å². The van der Waals surface area contributed by atoms with Crippen LogP contribution >= 0.6 is 0 Å². The quantitative estimate of drug-likeness (QED) is 0.277. The van der Waals surface area contributed by atoms with Crippen molar-refractivity contribution in [1.29, 1.82) is 0 Å². The summed E-state index contributed by atoms with van der Waals surface area (Å²) in [6.07, 6.45) is 3.26. The monoisotopic (exact) mass is 394 g/mol. The molecule has 0 amide bonds. The zero-order chi connectivity index (χ0) is 18.9. The van der Waals surface area contributed by atoms with E-state index >= 15 is 0 Å². The Morgan fingerprint density at radius 3 is 1.65 bits per heavy atom. The lowest BCUT2D eigenvalue weighted by Crippen LogP contribution is -2.27. The summed E-state index contributed by atoms with van der Waals surface area (Å²) in [7, 11) is -1.42. The Labute approximate surface area is 159 Å². The molecule has 0 bridgehead atoms. The molecular formula is C18H38O7Si. The van der Waals surface area contributed by atoms with Crippen LogP contribution in [0.1, 0.15) is 19.3 Å². The van der Waals surface area contributed by atoms with Crippen LogP contribution < -0.4 is 0 Å². The molecule has 1 unspecified atom stereocenters. The lowest BCUT2D eigenvalue weighted by atomic mass is 10.2. The Kier molecular flexibility index (Phi) is 14.7. The molecule has 0 aromatic rings. The van der Waals surface area contributed by atoms with Crippen LogP contribution in [0.2, 0.25) is 19.6 Å². The van der Waals surface area contributed by atoms with Crippen molar-refractivity contribution in [2.75, 3.05) is 72.7 Å². The molecule has 1 aliphatic heterocycles. The zero-order valence-corrected chi connectivity index (χ0v) is 17.8. The van der Waals surface area contributed by atoms with Gasteiger partial charge in [-0.2, -0.15) is 0 Å². The van der Waals surface area contributed by atoms with Gasteiger partial charge in [-0.05, 0) is 38.9 Å². The molecule has 0 spiro atoms. The maximum absolute atomic E-state index is 5.69. The molecule has 7 nitrogen and oxygen atoms in total. The predicted molar refractivity (Wildman–Crippen MR) is 102 cm³/mol. The molecule has 1 aliphatic rings. The van der Waals surface area contributed by atoms with Gasteiger partial charge in [-0.25, -0.2) is 0 Å². The summed E-state index contributed by atoms with van der Waals surface area (Å²) in [6, 6.07) is 0. The first kappa shape index (κ1) is 24.0. The summed E-state index contributed by atoms with van der Waals surface area (Å²) in [5, 5.41) is 0. The topological polar surface area (TPSA) is 64.6 Å². The molecule has 1 rings (SSSR count). The van der Waals surface area contributed by atoms with Crippen LogP contribution in [0.25, 0.3) is 0 Å². The Bertz CT molecular complexity index is 306. The molecule has 0 aliphatic carbocycles. The SMILES string of the molecule is C[Si](C)(C)OCCOCCOCCOCCOCCOC1CCCCO1. The minimum Gasteiger partial charge on any atom is -0.415 e. The summed E-state index contributed by atoms with van der Waals surface area (Å²) in [5.74, 6) is 0. The highest BCUT2D eigenvalue weighted by atomic mass is 28.4. The van der Waals surface area contributed by atoms with Gasteiger partial charge in [-0.15, -0.1) is 0 Å². The smallest absolute Gasteiger partial charge is 0.183 e. The maximum Gasteiger partial charge on any atom is 0.183 e. The third kappa shape index (κ3) is 16.1. The summed E-state index contributed by atoms with van der Waals surface area (Å²) in [4.78, 5) is 0. The predicted octanol–water partition coefficient (Wildman–Crippen LogP) is 2.45. The van der Waals surface area contributed by atoms with E-state index in [-0.39, 0.29) is 6.29 Å². The summed E-state index contributed by atoms with van der Waals surface area (Å²) < 4.78 is 38.5. The zero-order valence-electron chi connectivity index (χ0n) is 16.8. The number of rotatable bonds is 17. The molecule has 0 N–H and O–H groups in total. The summed E-state index contributed by atoms with van der Waals surface area (Å²) in [5.41, 5.74) is 0. The van der Waals surface area contributed by atoms with Crippen LogP contribution in [0.5, 0.6) is 0 Å². The first-order chi connectivity index (χ1) is 12.6. The highest BCUT2D eigenvalue weighted by Crippen LogP contribution is 2.13. The average molecular weight is 395 g/mol. The van der Waals surface area contributed by atoms with Crippen molar-refractivity contribution in [2.45, 2.75) is 45.2 Å². The third-order valence-electron chi connectivity index (χ3n) is 3.55. The van der Waals surface area contributed by atoms with Crippen molar-refractivity contribution in [1.82, 2.24) is 0 Å². The molecule has 1 fully saturated rings. The molecule has 1 atom stereocenters. The van der Waals surface area contributed by atoms with E-state index in [0.717, 1.165) is 19.4 Å². The van der Waals surface area contributed by atoms with E-state index in [1.54, 1.807) is 0 Å². The summed E-state index contributed by atoms with van der Waals surface area (Å²) in [6.45, 7) is 13.2. The van der Waals surface area contributed by atoms with Crippen molar-refractivity contribution in [2.24, 2.45) is 0 Å². The lowest BCUT2D eigenvalue weighted by Gasteiger charge is -2.22. The van der Waals surface area contributed by atoms with E-state index in [1.165, 1.54) is 6.42 Å². The van der Waals surface area contributed by atoms with Gasteiger partial charge in [0.05, 0.1) is 66.1 Å². The second-order valence-corrected chi connectivity index (χ2v) is 11.6. The van der Waals surface area contributed by atoms with Crippen LogP contribution in [-0.2, 0) is 32.8 Å². The van der Waals surface area contributed by atoms with Crippen LogP contribution in [0, 0.1) is 0 Å². The minimum absolute atomic E-state index is 0.0439. The lowest BCUT2D eigenvalue weighted by molar-refractivity contribution is -0.169. The Balaban J connectivity index is 1.68. The van der Waals surface area contributed by atoms with E-state index in [2.05, 4.69) is 19.6 Å². The molecule has 0 radical (unpaired) electrons. The van der Waals surface area contributed by atoms with E-state index in [9.17, 15) is 0 Å². The van der Waals surface area contributed by atoms with E-state index < -0.39 is 8.32 Å². The minimum atomic E-state index is -1.42. The van der Waals surface area contributed by atoms with Crippen molar-refractivity contribution < 1.29 is 32.8 Å². The Morgan fingerprint density at radius 1 is 0.692 bits per heavy atom. The number of hydrogen-bond donors (Lipinski definition) is 0. The molecule has 1 heterocycles. The first-order valence-corrected chi connectivity index (χ1v) is 13.2. The molecule has 0 aromatic heterocycles. The third-order valence-corrected chi connectivity index (χ3v) is 4.62. The van der Waals surface area contributed by atoms with E-state index in [4.69, 9.17) is 32.8 Å². The molecule has 0 aromatic carbocycles. The largest absolute Gasteiger partial charge is 0.415 e. The molecule has 8 heteroatoms. The van der Waals surface area contributed by atoms with Crippen molar-refractivity contribution in [3.05, 3.63) is 0 Å². The second kappa shape index (κ2) is 15.9. The van der Waals surface area contributed by atoms with E-state index in [0.29, 0.717) is 66.1 Å². The van der Waals surface area contributed by atoms with Gasteiger partial charge < -0.3 is 32.8 Å². The van der Waals surface area contributed by atoms with Gasteiger partial charge in [0.15, 0.2) is 14.6 Å². The first-order valence-electron chi connectivity index (χ1n) is 9.76. The van der Waals surface area contributed by atoms with Gasteiger partial charge in [0.2, 0.25) is 0 Å². The number of ether oxygens (including phenoxy) is 6. The normalized spacial score (nSPS) is 18.3. The van der Waals surface area contributed by atoms with Gasteiger partial charge in [-0.3, -0.25) is 0 Å². The fraction of sp³-hybridized carbons (Fsp3) is 1.00. The second-order valence-electron chi connectivity index (χ2n) is 7.08. The fourth-order valence-corrected chi connectivity index (χ4v) is 2.95. The van der Waals surface area contributed by atoms with E-state index in [1.807, 2.05) is 0 Å². The maximum atomic E-state index is 5.69. The van der Waals surface area contributed by atoms with Crippen LogP contribution in [-0.4, -0.2) is 87.3 Å². The highest BCUT2D eigenvalue weighted by molar-refractivity contribution is 6.69. The highest BCUT2D eigenvalue weighted by Gasteiger charge is 2.13. The Morgan fingerprint density at radius 2 is 1.19 bits per heavy atom. The molecular weight excluding hydrogens is 356 g/mol. The molecule has 26 heavy (non-hydrogen) atoms. The van der Waals surface area contributed by atoms with Gasteiger partial charge >= 0.3 is 0 Å². The molecule has 1 saturated heterocycles. The van der Waals surface area contributed by atoms with Crippen molar-refractivity contribution in [3.8, 4) is 0 Å².